The molecule has 0 aromatic heterocycles. The summed E-state index contributed by atoms with van der Waals surface area (Å²) in [5.74, 6) is -0.672. The van der Waals surface area contributed by atoms with E-state index in [0.717, 1.165) is 10.8 Å². The number of halogens is 1. The molecule has 0 aliphatic rings. The highest BCUT2D eigenvalue weighted by molar-refractivity contribution is 6.33. The van der Waals surface area contributed by atoms with Gasteiger partial charge in [-0.05, 0) is 53.6 Å². The van der Waals surface area contributed by atoms with Gasteiger partial charge in [0.25, 0.3) is 5.69 Å². The maximum Gasteiger partial charge on any atom is 0.266 e. The molecule has 0 N–H and O–H groups in total. The molecular formula is C19H14ClN2O3-. The Kier molecular flexibility index (Phi) is 4.42. The fourth-order valence-electron chi connectivity index (χ4n) is 2.74. The van der Waals surface area contributed by atoms with Crippen molar-refractivity contribution in [3.05, 3.63) is 74.3 Å². The van der Waals surface area contributed by atoms with E-state index in [0.29, 0.717) is 11.3 Å². The summed E-state index contributed by atoms with van der Waals surface area (Å²) in [6, 6.07) is 13.5. The van der Waals surface area contributed by atoms with E-state index < -0.39 is 16.4 Å². The number of nitrogens with zero attached hydrogens (tertiary/aromatic N) is 2. The van der Waals surface area contributed by atoms with Gasteiger partial charge in [-0.15, -0.1) is 0 Å². The molecule has 126 valence electrons. The second-order valence-corrected chi connectivity index (χ2v) is 6.08. The Morgan fingerprint density at radius 1 is 1.08 bits per heavy atom. The number of nitro groups is 1. The van der Waals surface area contributed by atoms with Gasteiger partial charge in [-0.1, -0.05) is 41.9 Å². The summed E-state index contributed by atoms with van der Waals surface area (Å²) in [4.78, 5) is 14.8. The van der Waals surface area contributed by atoms with E-state index in [1.54, 1.807) is 6.92 Å². The molecule has 0 saturated heterocycles. The third kappa shape index (κ3) is 3.06. The van der Waals surface area contributed by atoms with E-state index in [4.69, 9.17) is 11.6 Å². The summed E-state index contributed by atoms with van der Waals surface area (Å²) in [6.45, 7) is 3.13. The molecule has 0 bridgehead atoms. The molecule has 0 saturated carbocycles. The second kappa shape index (κ2) is 6.53. The van der Waals surface area contributed by atoms with Crippen molar-refractivity contribution in [1.82, 2.24) is 0 Å². The Bertz CT molecular complexity index is 1030. The van der Waals surface area contributed by atoms with Gasteiger partial charge in [0.2, 0.25) is 0 Å². The van der Waals surface area contributed by atoms with E-state index in [2.05, 4.69) is 4.99 Å². The molecule has 0 atom stereocenters. The zero-order chi connectivity index (χ0) is 18.1. The molecule has 0 heterocycles. The van der Waals surface area contributed by atoms with E-state index in [1.807, 2.05) is 42.5 Å². The summed E-state index contributed by atoms with van der Waals surface area (Å²) in [5.41, 5.74) is 0.944. The van der Waals surface area contributed by atoms with Crippen molar-refractivity contribution < 1.29 is 10.0 Å². The van der Waals surface area contributed by atoms with Crippen molar-refractivity contribution in [2.45, 2.75) is 13.8 Å². The fraction of sp³-hybridized carbons (Fsp3) is 0.105. The van der Waals surface area contributed by atoms with Crippen LogP contribution >= 0.6 is 11.6 Å². The summed E-state index contributed by atoms with van der Waals surface area (Å²) >= 11 is 6.16. The van der Waals surface area contributed by atoms with Gasteiger partial charge in [0.15, 0.2) is 0 Å². The molecule has 25 heavy (non-hydrogen) atoms. The highest BCUT2D eigenvalue weighted by Gasteiger charge is 2.20. The van der Waals surface area contributed by atoms with Gasteiger partial charge >= 0.3 is 0 Å². The molecule has 3 aromatic rings. The van der Waals surface area contributed by atoms with Crippen LogP contribution in [0.1, 0.15) is 16.7 Å². The Morgan fingerprint density at radius 2 is 1.76 bits per heavy atom. The van der Waals surface area contributed by atoms with Gasteiger partial charge in [-0.25, -0.2) is 0 Å². The molecule has 0 aliphatic carbocycles. The smallest absolute Gasteiger partial charge is 0.266 e. The first-order valence-electron chi connectivity index (χ1n) is 7.57. The van der Waals surface area contributed by atoms with Gasteiger partial charge in [0.1, 0.15) is 0 Å². The first-order valence-corrected chi connectivity index (χ1v) is 7.95. The molecule has 0 unspecified atom stereocenters. The number of hydrogen-bond acceptors (Lipinski definition) is 4. The summed E-state index contributed by atoms with van der Waals surface area (Å²) < 4.78 is 0. The molecule has 0 fully saturated rings. The number of nitro benzene ring substituents is 1. The number of benzene rings is 3. The van der Waals surface area contributed by atoms with Crippen molar-refractivity contribution in [2.24, 2.45) is 4.99 Å². The van der Waals surface area contributed by atoms with Crippen LogP contribution in [0.3, 0.4) is 0 Å². The van der Waals surface area contributed by atoms with Crippen molar-refractivity contribution >= 4 is 40.0 Å². The zero-order valence-corrected chi connectivity index (χ0v) is 14.4. The molecule has 0 amide bonds. The summed E-state index contributed by atoms with van der Waals surface area (Å²) in [5, 5.41) is 25.9. The van der Waals surface area contributed by atoms with Crippen LogP contribution in [-0.4, -0.2) is 11.1 Å². The number of fused-ring (bicyclic) bond motifs is 1. The molecule has 0 radical (unpaired) electrons. The lowest BCUT2D eigenvalue weighted by molar-refractivity contribution is -0.398. The van der Waals surface area contributed by atoms with Gasteiger partial charge in [-0.3, -0.25) is 15.1 Å². The third-order valence-corrected chi connectivity index (χ3v) is 4.70. The standard InChI is InChI=1S/C19H15ClN2O3/c1-11-16(19(23)18(22(24)25)12(2)17(11)20)10-21-15-8-7-13-5-3-4-6-14(13)9-15/h3-10,23H,1-2H3/p-1. The number of rotatable bonds is 3. The maximum atomic E-state index is 12.4. The average Bonchev–Trinajstić information content (AvgIpc) is 2.59. The molecule has 5 nitrogen and oxygen atoms in total. The molecule has 0 aliphatic heterocycles. The normalized spacial score (nSPS) is 11.3. The highest BCUT2D eigenvalue weighted by Crippen LogP contribution is 2.38. The lowest BCUT2D eigenvalue weighted by Gasteiger charge is -2.17. The minimum absolute atomic E-state index is 0.135. The summed E-state index contributed by atoms with van der Waals surface area (Å²) in [6.07, 6.45) is 1.35. The third-order valence-electron chi connectivity index (χ3n) is 4.14. The fourth-order valence-corrected chi connectivity index (χ4v) is 2.93. The van der Waals surface area contributed by atoms with Crippen LogP contribution in [0.2, 0.25) is 5.02 Å². The van der Waals surface area contributed by atoms with Crippen LogP contribution in [0.4, 0.5) is 11.4 Å². The van der Waals surface area contributed by atoms with Gasteiger partial charge in [0, 0.05) is 11.8 Å². The van der Waals surface area contributed by atoms with Crippen molar-refractivity contribution in [2.75, 3.05) is 0 Å². The lowest BCUT2D eigenvalue weighted by atomic mass is 10.0. The summed E-state index contributed by atoms with van der Waals surface area (Å²) in [7, 11) is 0. The Labute approximate surface area is 149 Å². The van der Waals surface area contributed by atoms with E-state index in [1.165, 1.54) is 13.1 Å². The predicted molar refractivity (Wildman–Crippen MR) is 98.2 cm³/mol. The minimum Gasteiger partial charge on any atom is -0.867 e. The Morgan fingerprint density at radius 3 is 2.44 bits per heavy atom. The minimum atomic E-state index is -0.698. The molecule has 3 rings (SSSR count). The van der Waals surface area contributed by atoms with Crippen LogP contribution in [0, 0.1) is 24.0 Å². The second-order valence-electron chi connectivity index (χ2n) is 5.70. The Hall–Kier alpha value is -2.92. The van der Waals surface area contributed by atoms with E-state index >= 15 is 0 Å². The maximum absolute atomic E-state index is 12.4. The van der Waals surface area contributed by atoms with Crippen LogP contribution in [0.15, 0.2) is 47.5 Å². The SMILES string of the molecule is Cc1c(Cl)c(C)c([N+](=O)[O-])c([O-])c1C=Nc1ccc2ccccc2c1. The number of aliphatic imine (C=N–C) groups is 1. The zero-order valence-electron chi connectivity index (χ0n) is 13.6. The largest absolute Gasteiger partial charge is 0.867 e. The van der Waals surface area contributed by atoms with Gasteiger partial charge < -0.3 is 5.11 Å². The van der Waals surface area contributed by atoms with Crippen molar-refractivity contribution in [1.29, 1.82) is 0 Å². The molecule has 6 heteroatoms. The highest BCUT2D eigenvalue weighted by atomic mass is 35.5. The van der Waals surface area contributed by atoms with Crippen LogP contribution in [0.25, 0.3) is 10.8 Å². The van der Waals surface area contributed by atoms with Crippen LogP contribution in [-0.2, 0) is 0 Å². The predicted octanol–water partition coefficient (Wildman–Crippen LogP) is 4.84. The van der Waals surface area contributed by atoms with E-state index in [9.17, 15) is 15.2 Å². The van der Waals surface area contributed by atoms with Crippen molar-refractivity contribution in [3.63, 3.8) is 0 Å². The van der Waals surface area contributed by atoms with Gasteiger partial charge in [-0.2, -0.15) is 0 Å². The van der Waals surface area contributed by atoms with E-state index in [-0.39, 0.29) is 16.1 Å². The first kappa shape index (κ1) is 16.9. The first-order chi connectivity index (χ1) is 11.9. The quantitative estimate of drug-likeness (QED) is 0.384. The molecule has 3 aromatic carbocycles. The van der Waals surface area contributed by atoms with Crippen LogP contribution < -0.4 is 5.11 Å². The molecular weight excluding hydrogens is 340 g/mol. The lowest BCUT2D eigenvalue weighted by Crippen LogP contribution is -2.07. The molecule has 0 spiro atoms. The average molecular weight is 354 g/mol. The van der Waals surface area contributed by atoms with Crippen LogP contribution in [0.5, 0.6) is 5.75 Å². The Balaban J connectivity index is 2.10. The van der Waals surface area contributed by atoms with Crippen molar-refractivity contribution in [3.8, 4) is 5.75 Å². The number of hydrogen-bond donors (Lipinski definition) is 0. The van der Waals surface area contributed by atoms with Gasteiger partial charge in [0.05, 0.1) is 15.6 Å². The topological polar surface area (TPSA) is 78.6 Å². The monoisotopic (exact) mass is 353 g/mol.